The van der Waals surface area contributed by atoms with E-state index >= 15 is 0 Å². The van der Waals surface area contributed by atoms with E-state index in [-0.39, 0.29) is 5.69 Å². The Hall–Kier alpha value is -2.30. The van der Waals surface area contributed by atoms with E-state index in [4.69, 9.17) is 9.47 Å². The van der Waals surface area contributed by atoms with E-state index in [1.165, 1.54) is 7.11 Å². The van der Waals surface area contributed by atoms with Gasteiger partial charge in [0.05, 0.1) is 26.3 Å². The highest BCUT2D eigenvalue weighted by Gasteiger charge is 2.13. The fourth-order valence-electron chi connectivity index (χ4n) is 1.86. The lowest BCUT2D eigenvalue weighted by molar-refractivity contribution is 0.0594. The molecule has 0 N–H and O–H groups in total. The van der Waals surface area contributed by atoms with Gasteiger partial charge in [0.1, 0.15) is 11.5 Å². The molecule has 0 fully saturated rings. The molecule has 0 spiro atoms. The highest BCUT2D eigenvalue weighted by molar-refractivity contribution is 5.94. The molecule has 0 unspecified atom stereocenters. The molecule has 1 aromatic heterocycles. The summed E-state index contributed by atoms with van der Waals surface area (Å²) in [7, 11) is 2.87. The first kappa shape index (κ1) is 14.1. The lowest BCUT2D eigenvalue weighted by Crippen LogP contribution is -2.05. The number of ether oxygens (including phenoxy) is 3. The molecule has 0 amide bonds. The van der Waals surface area contributed by atoms with Gasteiger partial charge < -0.3 is 14.2 Å². The predicted octanol–water partition coefficient (Wildman–Crippen LogP) is 2.82. The number of nitrogens with zero attached hydrogens (tertiary/aromatic N) is 1. The maximum atomic E-state index is 11.6. The van der Waals surface area contributed by atoms with Crippen molar-refractivity contribution in [1.29, 1.82) is 0 Å². The van der Waals surface area contributed by atoms with Gasteiger partial charge in [-0.15, -0.1) is 0 Å². The number of fused-ring (bicyclic) bond motifs is 1. The second kappa shape index (κ2) is 6.23. The number of pyridine rings is 1. The van der Waals surface area contributed by atoms with Crippen molar-refractivity contribution in [2.75, 3.05) is 20.8 Å². The molecular formula is C15H17NO4. The summed E-state index contributed by atoms with van der Waals surface area (Å²) >= 11 is 0. The van der Waals surface area contributed by atoms with Gasteiger partial charge >= 0.3 is 5.97 Å². The second-order valence-electron chi connectivity index (χ2n) is 4.23. The highest BCUT2D eigenvalue weighted by Crippen LogP contribution is 2.29. The van der Waals surface area contributed by atoms with Gasteiger partial charge in [0.15, 0.2) is 5.69 Å². The average Bonchev–Trinajstić information content (AvgIpc) is 2.50. The molecule has 5 heteroatoms. The minimum atomic E-state index is -0.489. The van der Waals surface area contributed by atoms with Crippen LogP contribution >= 0.6 is 0 Å². The number of hydrogen-bond acceptors (Lipinski definition) is 5. The summed E-state index contributed by atoms with van der Waals surface area (Å²) in [4.78, 5) is 15.8. The van der Waals surface area contributed by atoms with E-state index in [1.54, 1.807) is 19.2 Å². The normalized spacial score (nSPS) is 10.3. The zero-order valence-electron chi connectivity index (χ0n) is 11.8. The van der Waals surface area contributed by atoms with Crippen LogP contribution in [0.2, 0.25) is 0 Å². The maximum absolute atomic E-state index is 11.6. The number of aromatic nitrogens is 1. The van der Waals surface area contributed by atoms with E-state index in [0.29, 0.717) is 17.9 Å². The van der Waals surface area contributed by atoms with Gasteiger partial charge in [-0.3, -0.25) is 0 Å². The molecule has 0 saturated carbocycles. The lowest BCUT2D eigenvalue weighted by Gasteiger charge is -2.10. The molecule has 0 aliphatic rings. The van der Waals surface area contributed by atoms with Crippen LogP contribution in [0.5, 0.6) is 11.5 Å². The van der Waals surface area contributed by atoms with Gasteiger partial charge in [-0.05, 0) is 24.6 Å². The first-order valence-corrected chi connectivity index (χ1v) is 6.39. The van der Waals surface area contributed by atoms with Gasteiger partial charge in [-0.25, -0.2) is 9.78 Å². The Morgan fingerprint density at radius 3 is 2.70 bits per heavy atom. The van der Waals surface area contributed by atoms with Crippen LogP contribution in [0.1, 0.15) is 23.8 Å². The topological polar surface area (TPSA) is 57.7 Å². The third-order valence-electron chi connectivity index (χ3n) is 2.83. The molecule has 106 valence electrons. The van der Waals surface area contributed by atoms with Crippen LogP contribution in [0, 0.1) is 0 Å². The predicted molar refractivity (Wildman–Crippen MR) is 75.4 cm³/mol. The SMILES string of the molecule is CCCOc1ccc2nc(C(=O)OC)cc(OC)c2c1. The molecule has 0 aliphatic heterocycles. The zero-order valence-corrected chi connectivity index (χ0v) is 11.8. The molecule has 0 aliphatic carbocycles. The number of carbonyl (C=O) groups is 1. The van der Waals surface area contributed by atoms with Crippen molar-refractivity contribution in [2.45, 2.75) is 13.3 Å². The molecular weight excluding hydrogens is 258 g/mol. The summed E-state index contributed by atoms with van der Waals surface area (Å²) in [6.07, 6.45) is 0.939. The van der Waals surface area contributed by atoms with Crippen molar-refractivity contribution >= 4 is 16.9 Å². The third kappa shape index (κ3) is 2.82. The first-order valence-electron chi connectivity index (χ1n) is 6.39. The third-order valence-corrected chi connectivity index (χ3v) is 2.83. The Kier molecular flexibility index (Phi) is 4.40. The maximum Gasteiger partial charge on any atom is 0.356 e. The van der Waals surface area contributed by atoms with Crippen molar-refractivity contribution in [3.8, 4) is 11.5 Å². The molecule has 0 saturated heterocycles. The molecule has 2 aromatic rings. The molecule has 0 radical (unpaired) electrons. The molecule has 2 rings (SSSR count). The molecule has 5 nitrogen and oxygen atoms in total. The Bertz CT molecular complexity index is 625. The Balaban J connectivity index is 2.50. The van der Waals surface area contributed by atoms with Crippen molar-refractivity contribution in [2.24, 2.45) is 0 Å². The van der Waals surface area contributed by atoms with Gasteiger partial charge in [-0.1, -0.05) is 6.92 Å². The van der Waals surface area contributed by atoms with Crippen LogP contribution in [0.3, 0.4) is 0 Å². The van der Waals surface area contributed by atoms with Crippen LogP contribution in [0.25, 0.3) is 10.9 Å². The highest BCUT2D eigenvalue weighted by atomic mass is 16.5. The van der Waals surface area contributed by atoms with Crippen LogP contribution in [0.15, 0.2) is 24.3 Å². The number of hydrogen-bond donors (Lipinski definition) is 0. The summed E-state index contributed by atoms with van der Waals surface area (Å²) in [6, 6.07) is 7.05. The van der Waals surface area contributed by atoms with Crippen molar-refractivity contribution in [3.05, 3.63) is 30.0 Å². The quantitative estimate of drug-likeness (QED) is 0.785. The lowest BCUT2D eigenvalue weighted by atomic mass is 10.1. The minimum absolute atomic E-state index is 0.221. The van der Waals surface area contributed by atoms with E-state index < -0.39 is 5.97 Å². The smallest absolute Gasteiger partial charge is 0.356 e. The van der Waals surface area contributed by atoms with Crippen molar-refractivity contribution in [1.82, 2.24) is 4.98 Å². The Labute approximate surface area is 117 Å². The first-order chi connectivity index (χ1) is 9.69. The summed E-state index contributed by atoms with van der Waals surface area (Å²) in [5.41, 5.74) is 0.882. The van der Waals surface area contributed by atoms with Crippen LogP contribution in [-0.4, -0.2) is 31.8 Å². The van der Waals surface area contributed by atoms with Crippen molar-refractivity contribution in [3.63, 3.8) is 0 Å². The largest absolute Gasteiger partial charge is 0.496 e. The summed E-state index contributed by atoms with van der Waals surface area (Å²) in [5.74, 6) is 0.833. The number of benzene rings is 1. The van der Waals surface area contributed by atoms with Gasteiger partial charge in [0, 0.05) is 11.5 Å². The van der Waals surface area contributed by atoms with E-state index in [2.05, 4.69) is 9.72 Å². The average molecular weight is 275 g/mol. The van der Waals surface area contributed by atoms with Crippen LogP contribution < -0.4 is 9.47 Å². The Morgan fingerprint density at radius 1 is 1.25 bits per heavy atom. The van der Waals surface area contributed by atoms with Gasteiger partial charge in [0.25, 0.3) is 0 Å². The second-order valence-corrected chi connectivity index (χ2v) is 4.23. The summed E-state index contributed by atoms with van der Waals surface area (Å²) in [5, 5.41) is 0.800. The standard InChI is InChI=1S/C15H17NO4/c1-4-7-20-10-5-6-12-11(8-10)14(18-2)9-13(16-12)15(17)19-3/h5-6,8-9H,4,7H2,1-3H3. The van der Waals surface area contributed by atoms with Gasteiger partial charge in [0.2, 0.25) is 0 Å². The van der Waals surface area contributed by atoms with Crippen molar-refractivity contribution < 1.29 is 19.0 Å². The summed E-state index contributed by atoms with van der Waals surface area (Å²) in [6.45, 7) is 2.70. The van der Waals surface area contributed by atoms with Gasteiger partial charge in [-0.2, -0.15) is 0 Å². The minimum Gasteiger partial charge on any atom is -0.496 e. The summed E-state index contributed by atoms with van der Waals surface area (Å²) < 4.78 is 15.6. The monoisotopic (exact) mass is 275 g/mol. The Morgan fingerprint density at radius 2 is 2.05 bits per heavy atom. The van der Waals surface area contributed by atoms with Crippen LogP contribution in [0.4, 0.5) is 0 Å². The van der Waals surface area contributed by atoms with E-state index in [0.717, 1.165) is 17.6 Å². The number of carbonyl (C=O) groups excluding carboxylic acids is 1. The van der Waals surface area contributed by atoms with Crippen LogP contribution in [-0.2, 0) is 4.74 Å². The molecule has 20 heavy (non-hydrogen) atoms. The number of methoxy groups -OCH3 is 2. The molecule has 1 heterocycles. The molecule has 0 bridgehead atoms. The fraction of sp³-hybridized carbons (Fsp3) is 0.333. The van der Waals surface area contributed by atoms with E-state index in [9.17, 15) is 4.79 Å². The van der Waals surface area contributed by atoms with E-state index in [1.807, 2.05) is 19.1 Å². The zero-order chi connectivity index (χ0) is 14.5. The molecule has 1 aromatic carbocycles. The number of esters is 1. The number of rotatable bonds is 5. The molecule has 0 atom stereocenters. The fourth-order valence-corrected chi connectivity index (χ4v) is 1.86.